The van der Waals surface area contributed by atoms with Crippen molar-refractivity contribution in [2.24, 2.45) is 0 Å². The zero-order valence-corrected chi connectivity index (χ0v) is 18.1. The molecule has 2 heterocycles. The van der Waals surface area contributed by atoms with Gasteiger partial charge in [-0.15, -0.1) is 11.3 Å². The summed E-state index contributed by atoms with van der Waals surface area (Å²) in [7, 11) is 1.63. The molecule has 30 heavy (non-hydrogen) atoms. The Morgan fingerprint density at radius 2 is 1.83 bits per heavy atom. The first-order valence-electron chi connectivity index (χ1n) is 10.3. The molecule has 0 unspecified atom stereocenters. The summed E-state index contributed by atoms with van der Waals surface area (Å²) in [6, 6.07) is 13.1. The first kappa shape index (κ1) is 20.4. The fourth-order valence-electron chi connectivity index (χ4n) is 3.37. The quantitative estimate of drug-likeness (QED) is 0.229. The van der Waals surface area contributed by atoms with Crippen LogP contribution < -0.4 is 15.1 Å². The number of nitrogens with zero attached hydrogens (tertiary/aromatic N) is 1. The second kappa shape index (κ2) is 9.30. The molecule has 0 saturated heterocycles. The fourth-order valence-corrected chi connectivity index (χ4v) is 4.37. The molecule has 156 valence electrons. The summed E-state index contributed by atoms with van der Waals surface area (Å²) < 4.78 is 17.7. The van der Waals surface area contributed by atoms with Gasteiger partial charge in [-0.1, -0.05) is 32.6 Å². The standard InChI is InChI=1S/C24H25NO4S/c1-3-4-5-6-7-12-28-18-9-8-16-13-19(24(26)29-21(16)14-18)23-25-20-11-10-17(27-2)15-22(20)30-23/h8-11,13-15H,3-7,12H2,1-2H3. The van der Waals surface area contributed by atoms with E-state index in [0.717, 1.165) is 33.5 Å². The summed E-state index contributed by atoms with van der Waals surface area (Å²) in [6.07, 6.45) is 5.95. The first-order valence-corrected chi connectivity index (χ1v) is 11.2. The number of unbranched alkanes of at least 4 members (excludes halogenated alkanes) is 4. The number of fused-ring (bicyclic) bond motifs is 2. The van der Waals surface area contributed by atoms with Crippen LogP contribution in [0.2, 0.25) is 0 Å². The zero-order valence-electron chi connectivity index (χ0n) is 17.3. The molecule has 0 spiro atoms. The van der Waals surface area contributed by atoms with E-state index in [1.54, 1.807) is 13.2 Å². The van der Waals surface area contributed by atoms with Gasteiger partial charge in [-0.05, 0) is 42.8 Å². The van der Waals surface area contributed by atoms with Gasteiger partial charge < -0.3 is 13.9 Å². The van der Waals surface area contributed by atoms with Gasteiger partial charge in [0.2, 0.25) is 0 Å². The van der Waals surface area contributed by atoms with Crippen molar-refractivity contribution in [3.8, 4) is 22.1 Å². The molecule has 0 aliphatic carbocycles. The predicted octanol–water partition coefficient (Wildman–Crippen LogP) is 6.43. The van der Waals surface area contributed by atoms with Crippen LogP contribution in [0.15, 0.2) is 51.7 Å². The molecule has 0 aliphatic heterocycles. The van der Waals surface area contributed by atoms with Crippen molar-refractivity contribution in [1.82, 2.24) is 4.98 Å². The van der Waals surface area contributed by atoms with Gasteiger partial charge >= 0.3 is 5.63 Å². The lowest BCUT2D eigenvalue weighted by Crippen LogP contribution is -2.03. The SMILES string of the molecule is CCCCCCCOc1ccc2cc(-c3nc4ccc(OC)cc4s3)c(=O)oc2c1. The van der Waals surface area contributed by atoms with E-state index < -0.39 is 5.63 Å². The predicted molar refractivity (Wildman–Crippen MR) is 122 cm³/mol. The summed E-state index contributed by atoms with van der Waals surface area (Å²) >= 11 is 1.45. The van der Waals surface area contributed by atoms with Gasteiger partial charge in [0.1, 0.15) is 22.1 Å². The Balaban J connectivity index is 1.54. The van der Waals surface area contributed by atoms with Gasteiger partial charge in [-0.2, -0.15) is 0 Å². The summed E-state index contributed by atoms with van der Waals surface area (Å²) in [6.45, 7) is 2.88. The Kier molecular flexibility index (Phi) is 6.33. The Hall–Kier alpha value is -2.86. The van der Waals surface area contributed by atoms with Crippen LogP contribution in [0, 0.1) is 0 Å². The molecule has 0 aliphatic rings. The third kappa shape index (κ3) is 4.49. The number of benzene rings is 2. The minimum absolute atomic E-state index is 0.398. The summed E-state index contributed by atoms with van der Waals surface area (Å²) in [4.78, 5) is 17.2. The number of rotatable bonds is 9. The maximum absolute atomic E-state index is 12.6. The Labute approximate surface area is 179 Å². The largest absolute Gasteiger partial charge is 0.497 e. The van der Waals surface area contributed by atoms with Gasteiger partial charge in [0.05, 0.1) is 29.5 Å². The van der Waals surface area contributed by atoms with E-state index in [9.17, 15) is 4.79 Å². The van der Waals surface area contributed by atoms with Gasteiger partial charge in [0.25, 0.3) is 0 Å². The van der Waals surface area contributed by atoms with E-state index in [0.29, 0.717) is 22.8 Å². The number of hydrogen-bond donors (Lipinski definition) is 0. The van der Waals surface area contributed by atoms with Crippen LogP contribution in [-0.2, 0) is 0 Å². The molecule has 2 aromatic heterocycles. The molecule has 5 nitrogen and oxygen atoms in total. The highest BCUT2D eigenvalue weighted by Gasteiger charge is 2.14. The summed E-state index contributed by atoms with van der Waals surface area (Å²) in [5.74, 6) is 1.49. The lowest BCUT2D eigenvalue weighted by Gasteiger charge is -2.07. The second-order valence-corrected chi connectivity index (χ2v) is 8.29. The van der Waals surface area contributed by atoms with Crippen molar-refractivity contribution >= 4 is 32.5 Å². The molecule has 2 aromatic carbocycles. The highest BCUT2D eigenvalue weighted by atomic mass is 32.1. The minimum Gasteiger partial charge on any atom is -0.497 e. The summed E-state index contributed by atoms with van der Waals surface area (Å²) in [5, 5.41) is 1.48. The Morgan fingerprint density at radius 3 is 2.67 bits per heavy atom. The zero-order chi connectivity index (χ0) is 20.9. The smallest absolute Gasteiger partial charge is 0.346 e. The second-order valence-electron chi connectivity index (χ2n) is 7.26. The van der Waals surface area contributed by atoms with Gasteiger partial charge in [0, 0.05) is 11.5 Å². The Morgan fingerprint density at radius 1 is 1.00 bits per heavy atom. The fraction of sp³-hybridized carbons (Fsp3) is 0.333. The lowest BCUT2D eigenvalue weighted by molar-refractivity contribution is 0.304. The van der Waals surface area contributed by atoms with E-state index >= 15 is 0 Å². The van der Waals surface area contributed by atoms with Crippen LogP contribution in [-0.4, -0.2) is 18.7 Å². The topological polar surface area (TPSA) is 61.6 Å². The van der Waals surface area contributed by atoms with Crippen molar-refractivity contribution < 1.29 is 13.9 Å². The van der Waals surface area contributed by atoms with Crippen LogP contribution >= 0.6 is 11.3 Å². The molecule has 4 rings (SSSR count). The third-order valence-corrected chi connectivity index (χ3v) is 6.10. The molecule has 0 saturated carbocycles. The van der Waals surface area contributed by atoms with Crippen LogP contribution in [0.25, 0.3) is 31.8 Å². The first-order chi connectivity index (χ1) is 14.7. The van der Waals surface area contributed by atoms with E-state index in [2.05, 4.69) is 11.9 Å². The van der Waals surface area contributed by atoms with Crippen molar-refractivity contribution in [2.75, 3.05) is 13.7 Å². The molecule has 6 heteroatoms. The average molecular weight is 424 g/mol. The van der Waals surface area contributed by atoms with E-state index in [1.807, 2.05) is 36.4 Å². The van der Waals surface area contributed by atoms with Crippen LogP contribution in [0.4, 0.5) is 0 Å². The van der Waals surface area contributed by atoms with E-state index in [-0.39, 0.29) is 0 Å². The Bertz CT molecular complexity index is 1210. The van der Waals surface area contributed by atoms with E-state index in [1.165, 1.54) is 37.0 Å². The molecule has 4 aromatic rings. The van der Waals surface area contributed by atoms with Gasteiger partial charge in [-0.25, -0.2) is 9.78 Å². The van der Waals surface area contributed by atoms with Crippen molar-refractivity contribution in [1.29, 1.82) is 0 Å². The molecule has 0 atom stereocenters. The molecular weight excluding hydrogens is 398 g/mol. The highest BCUT2D eigenvalue weighted by molar-refractivity contribution is 7.21. The average Bonchev–Trinajstić information content (AvgIpc) is 3.18. The molecule has 0 bridgehead atoms. The summed E-state index contributed by atoms with van der Waals surface area (Å²) in [5.41, 5.74) is 1.42. The van der Waals surface area contributed by atoms with Crippen LogP contribution in [0.3, 0.4) is 0 Å². The molecule has 0 fully saturated rings. The molecule has 0 N–H and O–H groups in total. The maximum atomic E-state index is 12.6. The lowest BCUT2D eigenvalue weighted by atomic mass is 10.1. The normalized spacial score (nSPS) is 11.3. The molecular formula is C24H25NO4S. The number of hydrogen-bond acceptors (Lipinski definition) is 6. The van der Waals surface area contributed by atoms with Gasteiger partial charge in [-0.3, -0.25) is 0 Å². The highest BCUT2D eigenvalue weighted by Crippen LogP contribution is 2.32. The third-order valence-electron chi connectivity index (χ3n) is 5.05. The van der Waals surface area contributed by atoms with E-state index in [4.69, 9.17) is 13.9 Å². The molecule has 0 radical (unpaired) electrons. The monoisotopic (exact) mass is 423 g/mol. The van der Waals surface area contributed by atoms with Crippen molar-refractivity contribution in [3.63, 3.8) is 0 Å². The number of aromatic nitrogens is 1. The number of methoxy groups -OCH3 is 1. The van der Waals surface area contributed by atoms with Crippen molar-refractivity contribution in [3.05, 3.63) is 52.9 Å². The molecule has 0 amide bonds. The van der Waals surface area contributed by atoms with Crippen molar-refractivity contribution in [2.45, 2.75) is 39.0 Å². The van der Waals surface area contributed by atoms with Crippen LogP contribution in [0.5, 0.6) is 11.5 Å². The van der Waals surface area contributed by atoms with Gasteiger partial charge in [0.15, 0.2) is 0 Å². The van der Waals surface area contributed by atoms with Crippen LogP contribution in [0.1, 0.15) is 39.0 Å². The number of ether oxygens (including phenoxy) is 2. The maximum Gasteiger partial charge on any atom is 0.346 e. The number of thiazole rings is 1. The minimum atomic E-state index is -0.398.